The molecule has 2 atom stereocenters. The van der Waals surface area contributed by atoms with Gasteiger partial charge >= 0.3 is 0 Å². The zero-order valence-electron chi connectivity index (χ0n) is 9.89. The van der Waals surface area contributed by atoms with Crippen LogP contribution in [0.3, 0.4) is 0 Å². The van der Waals surface area contributed by atoms with Crippen molar-refractivity contribution in [2.45, 2.75) is 45.2 Å². The highest BCUT2D eigenvalue weighted by molar-refractivity contribution is 5.94. The molecule has 2 unspecified atom stereocenters. The first-order chi connectivity index (χ1) is 7.70. The number of aromatic nitrogens is 1. The summed E-state index contributed by atoms with van der Waals surface area (Å²) in [6.07, 6.45) is 6.80. The molecule has 16 heavy (non-hydrogen) atoms. The molecule has 0 saturated carbocycles. The van der Waals surface area contributed by atoms with E-state index in [0.717, 1.165) is 18.4 Å². The summed E-state index contributed by atoms with van der Waals surface area (Å²) >= 11 is 0. The summed E-state index contributed by atoms with van der Waals surface area (Å²) in [5.41, 5.74) is 0.746. The van der Waals surface area contributed by atoms with Crippen molar-refractivity contribution in [3.8, 4) is 0 Å². The summed E-state index contributed by atoms with van der Waals surface area (Å²) in [4.78, 5) is 18.3. The number of piperidine rings is 1. The van der Waals surface area contributed by atoms with Crippen LogP contribution in [0.1, 0.15) is 43.5 Å². The molecule has 0 spiro atoms. The molecule has 1 fully saturated rings. The predicted octanol–water partition coefficient (Wildman–Crippen LogP) is 2.48. The standard InChI is InChI=1S/C13H18N2O/c1-10-4-3-5-11(2)15(10)13(16)12-6-8-14-9-7-12/h6-11H,3-5H2,1-2H3. The highest BCUT2D eigenvalue weighted by Crippen LogP contribution is 2.24. The second kappa shape index (κ2) is 4.64. The lowest BCUT2D eigenvalue weighted by Crippen LogP contribution is -2.47. The zero-order chi connectivity index (χ0) is 11.5. The third kappa shape index (κ3) is 2.08. The van der Waals surface area contributed by atoms with E-state index in [9.17, 15) is 4.79 Å². The quantitative estimate of drug-likeness (QED) is 0.725. The second-order valence-electron chi connectivity index (χ2n) is 4.58. The van der Waals surface area contributed by atoms with Gasteiger partial charge in [0.25, 0.3) is 5.91 Å². The summed E-state index contributed by atoms with van der Waals surface area (Å²) in [7, 11) is 0. The SMILES string of the molecule is CC1CCCC(C)N1C(=O)c1ccncc1. The molecule has 86 valence electrons. The molecule has 1 aliphatic rings. The van der Waals surface area contributed by atoms with Crippen LogP contribution in [0.25, 0.3) is 0 Å². The second-order valence-corrected chi connectivity index (χ2v) is 4.58. The highest BCUT2D eigenvalue weighted by atomic mass is 16.2. The van der Waals surface area contributed by atoms with Crippen molar-refractivity contribution >= 4 is 5.91 Å². The number of hydrogen-bond donors (Lipinski definition) is 0. The minimum absolute atomic E-state index is 0.141. The van der Waals surface area contributed by atoms with Gasteiger partial charge in [0, 0.05) is 30.0 Å². The van der Waals surface area contributed by atoms with Crippen LogP contribution in [0.15, 0.2) is 24.5 Å². The van der Waals surface area contributed by atoms with Gasteiger partial charge in [0.2, 0.25) is 0 Å². The Morgan fingerprint density at radius 2 is 1.81 bits per heavy atom. The van der Waals surface area contributed by atoms with E-state index in [4.69, 9.17) is 0 Å². The lowest BCUT2D eigenvalue weighted by Gasteiger charge is -2.39. The van der Waals surface area contributed by atoms with Gasteiger partial charge in [-0.2, -0.15) is 0 Å². The topological polar surface area (TPSA) is 33.2 Å². The molecule has 1 aromatic rings. The number of amides is 1. The summed E-state index contributed by atoms with van der Waals surface area (Å²) in [5, 5.41) is 0. The van der Waals surface area contributed by atoms with Crippen molar-refractivity contribution < 1.29 is 4.79 Å². The first-order valence-electron chi connectivity index (χ1n) is 5.93. The third-order valence-corrected chi connectivity index (χ3v) is 3.36. The van der Waals surface area contributed by atoms with E-state index in [-0.39, 0.29) is 5.91 Å². The van der Waals surface area contributed by atoms with E-state index in [1.165, 1.54) is 6.42 Å². The maximum Gasteiger partial charge on any atom is 0.254 e. The number of carbonyl (C=O) groups excluding carboxylic acids is 1. The van der Waals surface area contributed by atoms with Gasteiger partial charge < -0.3 is 4.90 Å². The molecule has 1 aliphatic heterocycles. The maximum absolute atomic E-state index is 12.3. The highest BCUT2D eigenvalue weighted by Gasteiger charge is 2.29. The number of carbonyl (C=O) groups is 1. The molecule has 0 aromatic carbocycles. The van der Waals surface area contributed by atoms with Gasteiger partial charge in [-0.15, -0.1) is 0 Å². The Labute approximate surface area is 96.5 Å². The Morgan fingerprint density at radius 1 is 1.25 bits per heavy atom. The summed E-state index contributed by atoms with van der Waals surface area (Å²) in [5.74, 6) is 0.141. The molecule has 3 heteroatoms. The van der Waals surface area contributed by atoms with Crippen molar-refractivity contribution in [1.82, 2.24) is 9.88 Å². The maximum atomic E-state index is 12.3. The Morgan fingerprint density at radius 3 is 2.38 bits per heavy atom. The average Bonchev–Trinajstić information content (AvgIpc) is 2.30. The van der Waals surface area contributed by atoms with Gasteiger partial charge in [-0.3, -0.25) is 9.78 Å². The van der Waals surface area contributed by atoms with Gasteiger partial charge in [-0.25, -0.2) is 0 Å². The fourth-order valence-electron chi connectivity index (χ4n) is 2.47. The fraction of sp³-hybridized carbons (Fsp3) is 0.538. The van der Waals surface area contributed by atoms with Crippen LogP contribution in [0.2, 0.25) is 0 Å². The Kier molecular flexibility index (Phi) is 3.22. The van der Waals surface area contributed by atoms with Gasteiger partial charge in [-0.05, 0) is 45.2 Å². The van der Waals surface area contributed by atoms with Crippen LogP contribution in [0.5, 0.6) is 0 Å². The van der Waals surface area contributed by atoms with Crippen molar-refractivity contribution in [3.63, 3.8) is 0 Å². The lowest BCUT2D eigenvalue weighted by atomic mass is 9.96. The molecule has 2 rings (SSSR count). The molecule has 0 radical (unpaired) electrons. The minimum atomic E-state index is 0.141. The van der Waals surface area contributed by atoms with Gasteiger partial charge in [-0.1, -0.05) is 0 Å². The number of nitrogens with zero attached hydrogens (tertiary/aromatic N) is 2. The van der Waals surface area contributed by atoms with Crippen LogP contribution >= 0.6 is 0 Å². The molecule has 1 saturated heterocycles. The number of rotatable bonds is 1. The Hall–Kier alpha value is -1.38. The van der Waals surface area contributed by atoms with E-state index < -0.39 is 0 Å². The van der Waals surface area contributed by atoms with Crippen LogP contribution in [-0.2, 0) is 0 Å². The smallest absolute Gasteiger partial charge is 0.254 e. The van der Waals surface area contributed by atoms with E-state index in [1.807, 2.05) is 4.90 Å². The van der Waals surface area contributed by atoms with Crippen molar-refractivity contribution in [3.05, 3.63) is 30.1 Å². The third-order valence-electron chi connectivity index (χ3n) is 3.36. The van der Waals surface area contributed by atoms with Crippen molar-refractivity contribution in [2.75, 3.05) is 0 Å². The molecular formula is C13H18N2O. The monoisotopic (exact) mass is 218 g/mol. The molecule has 1 amide bonds. The molecule has 1 aromatic heterocycles. The number of likely N-dealkylation sites (tertiary alicyclic amines) is 1. The van der Waals surface area contributed by atoms with Crippen molar-refractivity contribution in [1.29, 1.82) is 0 Å². The largest absolute Gasteiger partial charge is 0.333 e. The lowest BCUT2D eigenvalue weighted by molar-refractivity contribution is 0.0510. The number of hydrogen-bond acceptors (Lipinski definition) is 2. The van der Waals surface area contributed by atoms with Crippen LogP contribution < -0.4 is 0 Å². The van der Waals surface area contributed by atoms with E-state index in [0.29, 0.717) is 12.1 Å². The normalized spacial score (nSPS) is 25.5. The van der Waals surface area contributed by atoms with Crippen molar-refractivity contribution in [2.24, 2.45) is 0 Å². The Balaban J connectivity index is 2.20. The fourth-order valence-corrected chi connectivity index (χ4v) is 2.47. The number of pyridine rings is 1. The molecule has 0 aliphatic carbocycles. The minimum Gasteiger partial charge on any atom is -0.333 e. The molecule has 2 heterocycles. The van der Waals surface area contributed by atoms with E-state index in [2.05, 4.69) is 18.8 Å². The summed E-state index contributed by atoms with van der Waals surface area (Å²) in [6, 6.07) is 4.28. The summed E-state index contributed by atoms with van der Waals surface area (Å²) < 4.78 is 0. The van der Waals surface area contributed by atoms with Gasteiger partial charge in [0.1, 0.15) is 0 Å². The van der Waals surface area contributed by atoms with E-state index >= 15 is 0 Å². The average molecular weight is 218 g/mol. The Bertz CT molecular complexity index is 353. The van der Waals surface area contributed by atoms with Crippen LogP contribution in [0, 0.1) is 0 Å². The van der Waals surface area contributed by atoms with Crippen LogP contribution in [0.4, 0.5) is 0 Å². The first kappa shape index (κ1) is 11.1. The molecular weight excluding hydrogens is 200 g/mol. The summed E-state index contributed by atoms with van der Waals surface area (Å²) in [6.45, 7) is 4.27. The van der Waals surface area contributed by atoms with E-state index in [1.54, 1.807) is 24.5 Å². The zero-order valence-corrected chi connectivity index (χ0v) is 9.89. The first-order valence-corrected chi connectivity index (χ1v) is 5.93. The van der Waals surface area contributed by atoms with Crippen LogP contribution in [-0.4, -0.2) is 27.9 Å². The van der Waals surface area contributed by atoms with Gasteiger partial charge in [0.15, 0.2) is 0 Å². The molecule has 0 bridgehead atoms. The predicted molar refractivity (Wildman–Crippen MR) is 63.2 cm³/mol. The van der Waals surface area contributed by atoms with Gasteiger partial charge in [0.05, 0.1) is 0 Å². The molecule has 3 nitrogen and oxygen atoms in total. The molecule has 0 N–H and O–H groups in total.